The molecule has 0 amide bonds. The first-order valence-corrected chi connectivity index (χ1v) is 7.86. The molecule has 2 aromatic carbocycles. The normalized spacial score (nSPS) is 11.3. The van der Waals surface area contributed by atoms with Gasteiger partial charge in [-0.15, -0.1) is 15.3 Å². The molecule has 0 spiro atoms. The van der Waals surface area contributed by atoms with Crippen molar-refractivity contribution in [3.05, 3.63) is 64.7 Å². The van der Waals surface area contributed by atoms with Crippen LogP contribution in [0, 0.1) is 10.1 Å². The Morgan fingerprint density at radius 3 is 2.41 bits per heavy atom. The molecule has 11 heteroatoms. The lowest BCUT2D eigenvalue weighted by Crippen LogP contribution is -2.05. The molecule has 0 saturated carbocycles. The lowest BCUT2D eigenvalue weighted by Gasteiger charge is -2.05. The van der Waals surface area contributed by atoms with E-state index in [1.54, 1.807) is 16.5 Å². The summed E-state index contributed by atoms with van der Waals surface area (Å²) >= 11 is 0. The van der Waals surface area contributed by atoms with Crippen molar-refractivity contribution in [3.63, 3.8) is 0 Å². The molecule has 27 heavy (non-hydrogen) atoms. The van der Waals surface area contributed by atoms with Crippen LogP contribution in [0.3, 0.4) is 0 Å². The minimum atomic E-state index is -0.455. The van der Waals surface area contributed by atoms with E-state index in [-0.39, 0.29) is 5.69 Å². The zero-order valence-corrected chi connectivity index (χ0v) is 13.5. The molecule has 0 N–H and O–H groups in total. The summed E-state index contributed by atoms with van der Waals surface area (Å²) in [5, 5.41) is 35.4. The third kappa shape index (κ3) is 2.29. The maximum atomic E-state index is 10.9. The van der Waals surface area contributed by atoms with Gasteiger partial charge in [0.2, 0.25) is 0 Å². The highest BCUT2D eigenvalue weighted by atomic mass is 16.6. The zero-order chi connectivity index (χ0) is 18.4. The molecule has 11 nitrogen and oxygen atoms in total. The van der Waals surface area contributed by atoms with Crippen molar-refractivity contribution in [3.8, 4) is 22.6 Å². The first-order chi connectivity index (χ1) is 13.2. The average Bonchev–Trinajstić information content (AvgIpc) is 3.34. The number of rotatable bonds is 3. The summed E-state index contributed by atoms with van der Waals surface area (Å²) in [7, 11) is 0. The Morgan fingerprint density at radius 2 is 1.67 bits per heavy atom. The van der Waals surface area contributed by atoms with E-state index in [9.17, 15) is 10.1 Å². The minimum Gasteiger partial charge on any atom is -0.258 e. The number of nitro benzene ring substituents is 1. The maximum absolute atomic E-state index is 10.9. The van der Waals surface area contributed by atoms with Crippen molar-refractivity contribution in [1.29, 1.82) is 0 Å². The summed E-state index contributed by atoms with van der Waals surface area (Å²) in [4.78, 5) is 10.4. The van der Waals surface area contributed by atoms with Crippen molar-refractivity contribution in [2.45, 2.75) is 0 Å². The number of nitro groups is 1. The van der Waals surface area contributed by atoms with E-state index in [1.165, 1.54) is 16.8 Å². The van der Waals surface area contributed by atoms with Crippen LogP contribution in [-0.4, -0.2) is 44.8 Å². The highest BCUT2D eigenvalue weighted by molar-refractivity contribution is 5.77. The fraction of sp³-hybridized carbons (Fsp3) is 0. The van der Waals surface area contributed by atoms with Crippen LogP contribution in [0.15, 0.2) is 54.6 Å². The standard InChI is InChI=1S/C16H9N9O2/c26-25(27)12-8-6-11(7-9-12)14-17-18-15-13(10-4-2-1-3-5-10)20-24-16(23(14)15)19-21-22-24/h1-9H. The van der Waals surface area contributed by atoms with E-state index in [0.717, 1.165) is 5.56 Å². The van der Waals surface area contributed by atoms with Gasteiger partial charge < -0.3 is 0 Å². The number of tetrazole rings is 1. The van der Waals surface area contributed by atoms with Gasteiger partial charge in [-0.3, -0.25) is 10.1 Å². The van der Waals surface area contributed by atoms with Crippen molar-refractivity contribution in [1.82, 2.24) is 39.9 Å². The van der Waals surface area contributed by atoms with Crippen molar-refractivity contribution >= 4 is 17.1 Å². The summed E-state index contributed by atoms with van der Waals surface area (Å²) in [5.41, 5.74) is 2.52. The molecule has 0 aliphatic heterocycles. The molecule has 0 aliphatic rings. The predicted molar refractivity (Wildman–Crippen MR) is 92.6 cm³/mol. The van der Waals surface area contributed by atoms with Crippen LogP contribution in [0.1, 0.15) is 0 Å². The average molecular weight is 359 g/mol. The van der Waals surface area contributed by atoms with E-state index < -0.39 is 4.92 Å². The fourth-order valence-corrected chi connectivity index (χ4v) is 2.85. The highest BCUT2D eigenvalue weighted by Gasteiger charge is 2.20. The summed E-state index contributed by atoms with van der Waals surface area (Å²) in [5.74, 6) is 0.794. The molecule has 0 radical (unpaired) electrons. The number of hydrogen-bond acceptors (Lipinski definition) is 8. The molecule has 5 rings (SSSR count). The van der Waals surface area contributed by atoms with Crippen LogP contribution in [0.4, 0.5) is 5.69 Å². The molecule has 0 unspecified atom stereocenters. The van der Waals surface area contributed by atoms with E-state index in [0.29, 0.717) is 28.5 Å². The summed E-state index contributed by atoms with van der Waals surface area (Å²) < 4.78 is 2.98. The fourth-order valence-electron chi connectivity index (χ4n) is 2.85. The third-order valence-electron chi connectivity index (χ3n) is 4.09. The van der Waals surface area contributed by atoms with Gasteiger partial charge in [-0.25, -0.2) is 4.40 Å². The zero-order valence-electron chi connectivity index (χ0n) is 13.5. The number of non-ortho nitro benzene ring substituents is 1. The van der Waals surface area contributed by atoms with Gasteiger partial charge in [0.05, 0.1) is 4.92 Å². The molecule has 3 heterocycles. The maximum Gasteiger partial charge on any atom is 0.279 e. The van der Waals surface area contributed by atoms with Gasteiger partial charge in [-0.2, -0.15) is 0 Å². The Labute approximate surface area is 150 Å². The number of aromatic nitrogens is 8. The van der Waals surface area contributed by atoms with Gasteiger partial charge >= 0.3 is 0 Å². The first-order valence-electron chi connectivity index (χ1n) is 7.86. The lowest BCUT2D eigenvalue weighted by molar-refractivity contribution is -0.384. The number of hydrogen-bond donors (Lipinski definition) is 0. The molecule has 0 saturated heterocycles. The Balaban J connectivity index is 1.80. The van der Waals surface area contributed by atoms with Crippen molar-refractivity contribution in [2.75, 3.05) is 0 Å². The first kappa shape index (κ1) is 15.0. The SMILES string of the molecule is O=[N+]([O-])c1ccc(-c2nnc3c(-c4ccccc4)nn4nnnc4n23)cc1. The molecular weight excluding hydrogens is 350 g/mol. The van der Waals surface area contributed by atoms with E-state index in [4.69, 9.17) is 0 Å². The van der Waals surface area contributed by atoms with Gasteiger partial charge in [0.1, 0.15) is 5.69 Å². The predicted octanol–water partition coefficient (Wildman–Crippen LogP) is 1.80. The molecule has 3 aromatic heterocycles. The quantitative estimate of drug-likeness (QED) is 0.352. The van der Waals surface area contributed by atoms with Crippen LogP contribution < -0.4 is 0 Å². The molecule has 0 fully saturated rings. The second kappa shape index (κ2) is 5.62. The van der Waals surface area contributed by atoms with Crippen molar-refractivity contribution < 1.29 is 4.92 Å². The highest BCUT2D eigenvalue weighted by Crippen LogP contribution is 2.27. The van der Waals surface area contributed by atoms with Gasteiger partial charge in [0, 0.05) is 23.3 Å². The third-order valence-corrected chi connectivity index (χ3v) is 4.09. The largest absolute Gasteiger partial charge is 0.279 e. The smallest absolute Gasteiger partial charge is 0.258 e. The number of nitrogens with zero attached hydrogens (tertiary/aromatic N) is 9. The Bertz CT molecular complexity index is 1290. The molecule has 130 valence electrons. The Morgan fingerprint density at radius 1 is 0.889 bits per heavy atom. The van der Waals surface area contributed by atoms with E-state index in [2.05, 4.69) is 30.8 Å². The Kier molecular flexibility index (Phi) is 3.13. The summed E-state index contributed by atoms with van der Waals surface area (Å²) in [6.07, 6.45) is 0. The molecule has 0 aliphatic carbocycles. The van der Waals surface area contributed by atoms with Gasteiger partial charge in [0.15, 0.2) is 11.5 Å². The molecule has 0 bridgehead atoms. The second-order valence-electron chi connectivity index (χ2n) is 5.67. The summed E-state index contributed by atoms with van der Waals surface area (Å²) in [6.45, 7) is 0. The van der Waals surface area contributed by atoms with Crippen LogP contribution >= 0.6 is 0 Å². The summed E-state index contributed by atoms with van der Waals surface area (Å²) in [6, 6.07) is 15.5. The van der Waals surface area contributed by atoms with Gasteiger partial charge in [0.25, 0.3) is 11.5 Å². The monoisotopic (exact) mass is 359 g/mol. The topological polar surface area (TPSA) is 129 Å². The lowest BCUT2D eigenvalue weighted by atomic mass is 10.1. The number of benzene rings is 2. The molecule has 5 aromatic rings. The van der Waals surface area contributed by atoms with Gasteiger partial charge in [-0.1, -0.05) is 40.1 Å². The molecule has 0 atom stereocenters. The van der Waals surface area contributed by atoms with E-state index >= 15 is 0 Å². The second-order valence-corrected chi connectivity index (χ2v) is 5.67. The van der Waals surface area contributed by atoms with Crippen LogP contribution in [0.5, 0.6) is 0 Å². The van der Waals surface area contributed by atoms with Crippen molar-refractivity contribution in [2.24, 2.45) is 0 Å². The molecular formula is C16H9N9O2. The number of fused-ring (bicyclic) bond motifs is 3. The Hall–Kier alpha value is -4.28. The van der Waals surface area contributed by atoms with Crippen LogP contribution in [-0.2, 0) is 0 Å². The van der Waals surface area contributed by atoms with Crippen LogP contribution in [0.25, 0.3) is 34.1 Å². The van der Waals surface area contributed by atoms with Gasteiger partial charge in [-0.05, 0) is 22.6 Å². The van der Waals surface area contributed by atoms with Crippen LogP contribution in [0.2, 0.25) is 0 Å². The van der Waals surface area contributed by atoms with E-state index in [1.807, 2.05) is 30.3 Å². The minimum absolute atomic E-state index is 0.00602.